The van der Waals surface area contributed by atoms with Crippen molar-refractivity contribution in [1.82, 2.24) is 25.2 Å². The van der Waals surface area contributed by atoms with E-state index in [2.05, 4.69) is 27.4 Å². The molecule has 1 fully saturated rings. The van der Waals surface area contributed by atoms with E-state index in [1.54, 1.807) is 17.7 Å². The highest BCUT2D eigenvalue weighted by Gasteiger charge is 2.24. The van der Waals surface area contributed by atoms with Gasteiger partial charge < -0.3 is 9.84 Å². The molecular formula is C18H26ClN5O2. The molecule has 8 heteroatoms. The van der Waals surface area contributed by atoms with Gasteiger partial charge in [0.05, 0.1) is 5.69 Å². The summed E-state index contributed by atoms with van der Waals surface area (Å²) in [5, 5.41) is 11.9. The average molecular weight is 380 g/mol. The van der Waals surface area contributed by atoms with Gasteiger partial charge in [0.2, 0.25) is 0 Å². The molecule has 1 N–H and O–H groups in total. The average Bonchev–Trinajstić information content (AvgIpc) is 3.18. The Labute approximate surface area is 158 Å². The van der Waals surface area contributed by atoms with E-state index in [1.807, 2.05) is 7.05 Å². The van der Waals surface area contributed by atoms with Gasteiger partial charge in [0.25, 0.3) is 5.91 Å². The first kappa shape index (κ1) is 18.9. The molecule has 0 radical (unpaired) electrons. The number of carbonyl (C=O) groups is 1. The van der Waals surface area contributed by atoms with E-state index >= 15 is 0 Å². The molecule has 1 aliphatic heterocycles. The summed E-state index contributed by atoms with van der Waals surface area (Å²) in [5.74, 6) is 0.878. The van der Waals surface area contributed by atoms with Gasteiger partial charge in [-0.15, -0.1) is 0 Å². The molecule has 0 aliphatic carbocycles. The van der Waals surface area contributed by atoms with Crippen LogP contribution in [0.1, 0.15) is 47.3 Å². The van der Waals surface area contributed by atoms with E-state index in [9.17, 15) is 4.79 Å². The van der Waals surface area contributed by atoms with Crippen LogP contribution in [0.2, 0.25) is 5.15 Å². The van der Waals surface area contributed by atoms with Gasteiger partial charge in [-0.05, 0) is 38.6 Å². The summed E-state index contributed by atoms with van der Waals surface area (Å²) in [6.07, 6.45) is 3.10. The SMILES string of the molecule is CCc1nn(C)c(Cl)c1CN1CCC[C@H](CNC(=O)c2cc(C)on2)C1. The molecule has 0 unspecified atom stereocenters. The molecular weight excluding hydrogens is 354 g/mol. The van der Waals surface area contributed by atoms with Crippen molar-refractivity contribution in [2.24, 2.45) is 13.0 Å². The van der Waals surface area contributed by atoms with Gasteiger partial charge in [-0.3, -0.25) is 14.4 Å². The van der Waals surface area contributed by atoms with Crippen LogP contribution in [0.4, 0.5) is 0 Å². The van der Waals surface area contributed by atoms with Crippen molar-refractivity contribution in [1.29, 1.82) is 0 Å². The maximum absolute atomic E-state index is 12.1. The van der Waals surface area contributed by atoms with Crippen molar-refractivity contribution in [3.63, 3.8) is 0 Å². The lowest BCUT2D eigenvalue weighted by Gasteiger charge is -2.32. The number of piperidine rings is 1. The number of hydrogen-bond donors (Lipinski definition) is 1. The first-order valence-corrected chi connectivity index (χ1v) is 9.49. The highest BCUT2D eigenvalue weighted by molar-refractivity contribution is 6.30. The first-order valence-electron chi connectivity index (χ1n) is 9.12. The Morgan fingerprint density at radius 1 is 1.50 bits per heavy atom. The smallest absolute Gasteiger partial charge is 0.273 e. The van der Waals surface area contributed by atoms with Gasteiger partial charge in [-0.25, -0.2) is 0 Å². The van der Waals surface area contributed by atoms with Gasteiger partial charge in [0.1, 0.15) is 10.9 Å². The van der Waals surface area contributed by atoms with Gasteiger partial charge in [0, 0.05) is 38.3 Å². The van der Waals surface area contributed by atoms with E-state index in [0.29, 0.717) is 23.9 Å². The molecule has 1 atom stereocenters. The molecule has 7 nitrogen and oxygen atoms in total. The minimum Gasteiger partial charge on any atom is -0.361 e. The lowest BCUT2D eigenvalue weighted by Crippen LogP contribution is -2.40. The first-order chi connectivity index (χ1) is 12.5. The van der Waals surface area contributed by atoms with E-state index in [0.717, 1.165) is 55.3 Å². The van der Waals surface area contributed by atoms with E-state index in [4.69, 9.17) is 16.1 Å². The number of nitrogens with one attached hydrogen (secondary N) is 1. The molecule has 3 heterocycles. The quantitative estimate of drug-likeness (QED) is 0.834. The summed E-state index contributed by atoms with van der Waals surface area (Å²) >= 11 is 6.42. The number of likely N-dealkylation sites (tertiary alicyclic amines) is 1. The van der Waals surface area contributed by atoms with Crippen molar-refractivity contribution in [2.75, 3.05) is 19.6 Å². The molecule has 0 spiro atoms. The fourth-order valence-corrected chi connectivity index (χ4v) is 3.73. The zero-order chi connectivity index (χ0) is 18.7. The van der Waals surface area contributed by atoms with Gasteiger partial charge in [0.15, 0.2) is 5.69 Å². The number of rotatable bonds is 6. The predicted molar refractivity (Wildman–Crippen MR) is 99.2 cm³/mol. The highest BCUT2D eigenvalue weighted by atomic mass is 35.5. The fraction of sp³-hybridized carbons (Fsp3) is 0.611. The monoisotopic (exact) mass is 379 g/mol. The Morgan fingerprint density at radius 3 is 3.00 bits per heavy atom. The third-order valence-electron chi connectivity index (χ3n) is 4.88. The van der Waals surface area contributed by atoms with E-state index < -0.39 is 0 Å². The minimum absolute atomic E-state index is 0.178. The molecule has 26 heavy (non-hydrogen) atoms. The fourth-order valence-electron chi connectivity index (χ4n) is 3.53. The summed E-state index contributed by atoms with van der Waals surface area (Å²) in [7, 11) is 1.88. The third kappa shape index (κ3) is 4.27. The van der Waals surface area contributed by atoms with E-state index in [-0.39, 0.29) is 5.91 Å². The number of halogens is 1. The molecule has 1 aliphatic rings. The van der Waals surface area contributed by atoms with Crippen LogP contribution >= 0.6 is 11.6 Å². The lowest BCUT2D eigenvalue weighted by atomic mass is 9.97. The molecule has 0 aromatic carbocycles. The number of aromatic nitrogens is 3. The van der Waals surface area contributed by atoms with Crippen LogP contribution in [0.15, 0.2) is 10.6 Å². The Morgan fingerprint density at radius 2 is 2.31 bits per heavy atom. The van der Waals surface area contributed by atoms with Crippen LogP contribution in [0.25, 0.3) is 0 Å². The highest BCUT2D eigenvalue weighted by Crippen LogP contribution is 2.24. The van der Waals surface area contributed by atoms with Crippen molar-refractivity contribution in [3.8, 4) is 0 Å². The lowest BCUT2D eigenvalue weighted by molar-refractivity contribution is 0.0921. The molecule has 0 saturated carbocycles. The number of amides is 1. The maximum Gasteiger partial charge on any atom is 0.273 e. The second kappa shape index (κ2) is 8.22. The Balaban J connectivity index is 1.55. The molecule has 2 aromatic heterocycles. The molecule has 1 saturated heterocycles. The van der Waals surface area contributed by atoms with Crippen LogP contribution in [0.5, 0.6) is 0 Å². The summed E-state index contributed by atoms with van der Waals surface area (Å²) in [6.45, 7) is 7.30. The summed E-state index contributed by atoms with van der Waals surface area (Å²) < 4.78 is 6.70. The van der Waals surface area contributed by atoms with Crippen LogP contribution in [-0.2, 0) is 20.0 Å². The normalized spacial score (nSPS) is 18.2. The van der Waals surface area contributed by atoms with E-state index in [1.165, 1.54) is 0 Å². The number of hydrogen-bond acceptors (Lipinski definition) is 5. The van der Waals surface area contributed by atoms with Crippen molar-refractivity contribution in [3.05, 3.63) is 33.9 Å². The molecule has 1 amide bonds. The van der Waals surface area contributed by atoms with Crippen LogP contribution < -0.4 is 5.32 Å². The van der Waals surface area contributed by atoms with Crippen LogP contribution in [0, 0.1) is 12.8 Å². The molecule has 0 bridgehead atoms. The zero-order valence-corrected chi connectivity index (χ0v) is 16.3. The molecule has 3 rings (SSSR count). The second-order valence-electron chi connectivity index (χ2n) is 6.97. The number of aryl methyl sites for hydroxylation is 3. The Bertz CT molecular complexity index is 770. The second-order valence-corrected chi connectivity index (χ2v) is 7.33. The molecule has 2 aromatic rings. The standard InChI is InChI=1S/C18H26ClN5O2/c1-4-15-14(17(19)23(3)21-15)11-24-7-5-6-13(10-24)9-20-18(25)16-8-12(2)26-22-16/h8,13H,4-7,9-11H2,1-3H3,(H,20,25)/t13-/m1/s1. The van der Waals surface area contributed by atoms with Crippen molar-refractivity contribution < 1.29 is 9.32 Å². The van der Waals surface area contributed by atoms with Crippen LogP contribution in [0.3, 0.4) is 0 Å². The topological polar surface area (TPSA) is 76.2 Å². The van der Waals surface area contributed by atoms with Gasteiger partial charge in [-0.2, -0.15) is 5.10 Å². The predicted octanol–water partition coefficient (Wildman–Crippen LogP) is 2.57. The minimum atomic E-state index is -0.178. The largest absolute Gasteiger partial charge is 0.361 e. The molecule has 142 valence electrons. The number of carbonyl (C=O) groups excluding carboxylic acids is 1. The van der Waals surface area contributed by atoms with Crippen LogP contribution in [-0.4, -0.2) is 45.4 Å². The van der Waals surface area contributed by atoms with Crippen molar-refractivity contribution >= 4 is 17.5 Å². The summed E-state index contributed by atoms with van der Waals surface area (Å²) in [5.41, 5.74) is 2.53. The maximum atomic E-state index is 12.1. The van der Waals surface area contributed by atoms with Gasteiger partial charge >= 0.3 is 0 Å². The van der Waals surface area contributed by atoms with Gasteiger partial charge in [-0.1, -0.05) is 23.7 Å². The summed E-state index contributed by atoms with van der Waals surface area (Å²) in [4.78, 5) is 14.5. The third-order valence-corrected chi connectivity index (χ3v) is 5.36. The summed E-state index contributed by atoms with van der Waals surface area (Å²) in [6, 6.07) is 1.65. The zero-order valence-electron chi connectivity index (χ0n) is 15.6. The Hall–Kier alpha value is -1.86. The Kier molecular flexibility index (Phi) is 5.98. The number of nitrogens with zero attached hydrogens (tertiary/aromatic N) is 4. The van der Waals surface area contributed by atoms with Crippen molar-refractivity contribution in [2.45, 2.75) is 39.7 Å².